The third-order valence-electron chi connectivity index (χ3n) is 5.82. The lowest BCUT2D eigenvalue weighted by molar-refractivity contribution is 0.778. The van der Waals surface area contributed by atoms with E-state index in [1.54, 1.807) is 0 Å². The molecule has 0 N–H and O–H groups in total. The van der Waals surface area contributed by atoms with E-state index in [1.807, 2.05) is 24.5 Å². The molecule has 31 heavy (non-hydrogen) atoms. The van der Waals surface area contributed by atoms with Crippen LogP contribution in [0.3, 0.4) is 0 Å². The van der Waals surface area contributed by atoms with E-state index in [4.69, 9.17) is 9.97 Å². The van der Waals surface area contributed by atoms with Crippen LogP contribution >= 0.6 is 12.4 Å². The Bertz CT molecular complexity index is 1570. The molecule has 0 saturated carbocycles. The maximum Gasteiger partial charge on any atom is 0.110 e. The van der Waals surface area contributed by atoms with E-state index in [2.05, 4.69) is 70.1 Å². The summed E-state index contributed by atoms with van der Waals surface area (Å²) in [5.41, 5.74) is 6.10. The number of nitrogens with zero attached hydrogens (tertiary/aromatic N) is 5. The van der Waals surface area contributed by atoms with Crippen LogP contribution in [0.5, 0.6) is 0 Å². The van der Waals surface area contributed by atoms with Crippen molar-refractivity contribution in [2.75, 3.05) is 0 Å². The zero-order valence-electron chi connectivity index (χ0n) is 17.0. The minimum Gasteiger partial charge on any atom is -0.331 e. The fourth-order valence-electron chi connectivity index (χ4n) is 4.22. The average molecular weight is 426 g/mol. The second-order valence-electron chi connectivity index (χ2n) is 7.61. The molecule has 6 rings (SSSR count). The number of hydrogen-bond donors (Lipinski definition) is 0. The maximum absolute atomic E-state index is 4.95. The van der Waals surface area contributed by atoms with Crippen molar-refractivity contribution in [3.8, 4) is 0 Å². The standard InChI is InChI=1S/C25H19N5.ClH/c1-30-21-12-11-20-19(5-3-14-26-20)25(21)29-22(30)13-10-18-9-8-17-7-6-16-4-2-15-27-23(16)24(17)28-18;/h2-9,11-12,14-15H,10,13H2,1H3;1H. The van der Waals surface area contributed by atoms with E-state index in [9.17, 15) is 0 Å². The summed E-state index contributed by atoms with van der Waals surface area (Å²) in [6, 6.07) is 20.7. The van der Waals surface area contributed by atoms with Gasteiger partial charge in [0.15, 0.2) is 0 Å². The molecule has 0 amide bonds. The summed E-state index contributed by atoms with van der Waals surface area (Å²) >= 11 is 0. The number of hydrogen-bond acceptors (Lipinski definition) is 4. The zero-order chi connectivity index (χ0) is 20.1. The van der Waals surface area contributed by atoms with Crippen molar-refractivity contribution in [1.82, 2.24) is 24.5 Å². The van der Waals surface area contributed by atoms with E-state index < -0.39 is 0 Å². The Balaban J connectivity index is 0.00000204. The first-order valence-corrected chi connectivity index (χ1v) is 10.1. The van der Waals surface area contributed by atoms with Crippen molar-refractivity contribution in [2.24, 2.45) is 7.05 Å². The van der Waals surface area contributed by atoms with Crippen LogP contribution in [0.4, 0.5) is 0 Å². The molecule has 5 nitrogen and oxygen atoms in total. The normalized spacial score (nSPS) is 11.4. The molecule has 0 bridgehead atoms. The van der Waals surface area contributed by atoms with Gasteiger partial charge in [-0.2, -0.15) is 0 Å². The minimum atomic E-state index is 0. The van der Waals surface area contributed by atoms with Crippen LogP contribution in [0.2, 0.25) is 0 Å². The Morgan fingerprint density at radius 2 is 1.48 bits per heavy atom. The van der Waals surface area contributed by atoms with Crippen LogP contribution in [0.1, 0.15) is 11.5 Å². The smallest absolute Gasteiger partial charge is 0.110 e. The predicted octanol–water partition coefficient (Wildman–Crippen LogP) is 5.42. The third-order valence-corrected chi connectivity index (χ3v) is 5.82. The molecule has 0 aliphatic rings. The van der Waals surface area contributed by atoms with E-state index in [1.165, 1.54) is 0 Å². The minimum absolute atomic E-state index is 0. The first-order valence-electron chi connectivity index (χ1n) is 10.1. The topological polar surface area (TPSA) is 56.5 Å². The quantitative estimate of drug-likeness (QED) is 0.355. The second-order valence-corrected chi connectivity index (χ2v) is 7.61. The molecule has 6 aromatic rings. The number of aromatic nitrogens is 5. The molecule has 6 heteroatoms. The van der Waals surface area contributed by atoms with Crippen LogP contribution in [0.15, 0.2) is 73.1 Å². The van der Waals surface area contributed by atoms with Crippen LogP contribution in [0, 0.1) is 0 Å². The number of rotatable bonds is 3. The van der Waals surface area contributed by atoms with E-state index in [0.29, 0.717) is 0 Å². The Kier molecular flexibility index (Phi) is 4.75. The number of benzene rings is 2. The summed E-state index contributed by atoms with van der Waals surface area (Å²) in [5.74, 6) is 1.05. The highest BCUT2D eigenvalue weighted by atomic mass is 35.5. The van der Waals surface area contributed by atoms with Crippen LogP contribution in [0.25, 0.3) is 43.7 Å². The van der Waals surface area contributed by atoms with Gasteiger partial charge in [-0.25, -0.2) is 4.98 Å². The summed E-state index contributed by atoms with van der Waals surface area (Å²) < 4.78 is 2.18. The fraction of sp³-hybridized carbons (Fsp3) is 0.120. The van der Waals surface area contributed by atoms with Gasteiger partial charge in [-0.15, -0.1) is 12.4 Å². The summed E-state index contributed by atoms with van der Waals surface area (Å²) in [7, 11) is 2.08. The van der Waals surface area contributed by atoms with Gasteiger partial charge in [0.1, 0.15) is 5.82 Å². The van der Waals surface area contributed by atoms with Crippen molar-refractivity contribution in [2.45, 2.75) is 12.8 Å². The second kappa shape index (κ2) is 7.60. The zero-order valence-corrected chi connectivity index (χ0v) is 17.8. The lowest BCUT2D eigenvalue weighted by Crippen LogP contribution is -2.02. The van der Waals surface area contributed by atoms with Gasteiger partial charge in [-0.3, -0.25) is 15.0 Å². The summed E-state index contributed by atoms with van der Waals surface area (Å²) in [4.78, 5) is 18.9. The van der Waals surface area contributed by atoms with E-state index >= 15 is 0 Å². The van der Waals surface area contributed by atoms with Gasteiger partial charge in [0.05, 0.1) is 27.6 Å². The Hall–Kier alpha value is -3.57. The summed E-state index contributed by atoms with van der Waals surface area (Å²) in [6.45, 7) is 0. The van der Waals surface area contributed by atoms with Gasteiger partial charge >= 0.3 is 0 Å². The highest BCUT2D eigenvalue weighted by Crippen LogP contribution is 2.25. The Labute approximate surface area is 185 Å². The van der Waals surface area contributed by atoms with Gasteiger partial charge in [0, 0.05) is 47.7 Å². The van der Waals surface area contributed by atoms with Gasteiger partial charge < -0.3 is 4.57 Å². The average Bonchev–Trinajstić information content (AvgIpc) is 3.13. The van der Waals surface area contributed by atoms with Crippen LogP contribution in [-0.4, -0.2) is 24.5 Å². The molecule has 0 aliphatic heterocycles. The molecule has 0 spiro atoms. The van der Waals surface area contributed by atoms with Gasteiger partial charge in [-0.1, -0.05) is 24.3 Å². The summed E-state index contributed by atoms with van der Waals surface area (Å²) in [5, 5.41) is 3.33. The van der Waals surface area contributed by atoms with Gasteiger partial charge in [0.25, 0.3) is 0 Å². The molecule has 152 valence electrons. The molecule has 0 atom stereocenters. The Morgan fingerprint density at radius 1 is 0.710 bits per heavy atom. The van der Waals surface area contributed by atoms with Crippen molar-refractivity contribution in [3.63, 3.8) is 0 Å². The third kappa shape index (κ3) is 3.18. The van der Waals surface area contributed by atoms with E-state index in [-0.39, 0.29) is 12.4 Å². The lowest BCUT2D eigenvalue weighted by atomic mass is 10.1. The molecule has 0 aliphatic carbocycles. The molecule has 0 fully saturated rings. The molecule has 2 aromatic carbocycles. The first kappa shape index (κ1) is 19.4. The molecule has 4 heterocycles. The number of aryl methyl sites for hydroxylation is 3. The van der Waals surface area contributed by atoms with Gasteiger partial charge in [-0.05, 0) is 42.8 Å². The predicted molar refractivity (Wildman–Crippen MR) is 128 cm³/mol. The van der Waals surface area contributed by atoms with E-state index in [0.717, 1.165) is 68.1 Å². The molecule has 0 unspecified atom stereocenters. The number of pyridine rings is 3. The number of halogens is 1. The molecular weight excluding hydrogens is 406 g/mol. The molecule has 0 radical (unpaired) electrons. The number of imidazole rings is 1. The fourth-order valence-corrected chi connectivity index (χ4v) is 4.22. The lowest BCUT2D eigenvalue weighted by Gasteiger charge is -2.06. The number of fused-ring (bicyclic) bond motifs is 6. The van der Waals surface area contributed by atoms with Crippen molar-refractivity contribution in [1.29, 1.82) is 0 Å². The van der Waals surface area contributed by atoms with Crippen molar-refractivity contribution in [3.05, 3.63) is 84.6 Å². The largest absolute Gasteiger partial charge is 0.331 e. The van der Waals surface area contributed by atoms with Crippen molar-refractivity contribution >= 4 is 56.1 Å². The molecular formula is C25H20ClN5. The summed E-state index contributed by atoms with van der Waals surface area (Å²) in [6.07, 6.45) is 5.30. The van der Waals surface area contributed by atoms with Gasteiger partial charge in [0.2, 0.25) is 0 Å². The SMILES string of the molecule is Cl.Cn1c(CCc2ccc3ccc4cccnc4c3n2)nc2c3cccnc3ccc21. The highest BCUT2D eigenvalue weighted by Gasteiger charge is 2.12. The highest BCUT2D eigenvalue weighted by molar-refractivity contribution is 6.03. The van der Waals surface area contributed by atoms with Crippen molar-refractivity contribution < 1.29 is 0 Å². The maximum atomic E-state index is 4.95. The first-order chi connectivity index (χ1) is 14.8. The molecule has 0 saturated heterocycles. The van der Waals surface area contributed by atoms with Crippen LogP contribution < -0.4 is 0 Å². The molecule has 4 aromatic heterocycles. The monoisotopic (exact) mass is 425 g/mol. The Morgan fingerprint density at radius 3 is 2.39 bits per heavy atom. The van der Waals surface area contributed by atoms with Crippen LogP contribution in [-0.2, 0) is 19.9 Å².